The van der Waals surface area contributed by atoms with Crippen molar-refractivity contribution in [1.29, 1.82) is 0 Å². The first kappa shape index (κ1) is 42.6. The molecule has 0 bridgehead atoms. The van der Waals surface area contributed by atoms with Gasteiger partial charge in [-0.3, -0.25) is 24.0 Å². The number of amides is 3. The van der Waals surface area contributed by atoms with E-state index in [0.29, 0.717) is 30.8 Å². The number of sulfone groups is 1. The van der Waals surface area contributed by atoms with Gasteiger partial charge in [0.05, 0.1) is 38.0 Å². The predicted octanol–water partition coefficient (Wildman–Crippen LogP) is 2.17. The minimum Gasteiger partial charge on any atom is -0.481 e. The summed E-state index contributed by atoms with van der Waals surface area (Å²) < 4.78 is 42.2. The van der Waals surface area contributed by atoms with Gasteiger partial charge in [-0.25, -0.2) is 17.8 Å². The Labute approximate surface area is 300 Å². The van der Waals surface area contributed by atoms with Crippen molar-refractivity contribution >= 4 is 62.5 Å². The van der Waals surface area contributed by atoms with Crippen LogP contribution in [0, 0.1) is 0 Å². The number of hydrogen-bond acceptors (Lipinski definition) is 11. The van der Waals surface area contributed by atoms with Gasteiger partial charge in [-0.1, -0.05) is 29.3 Å². The van der Waals surface area contributed by atoms with Crippen molar-refractivity contribution < 1.29 is 46.7 Å². The van der Waals surface area contributed by atoms with E-state index in [1.807, 2.05) is 6.07 Å². The summed E-state index contributed by atoms with van der Waals surface area (Å²) in [7, 11) is -2.43. The number of rotatable bonds is 25. The molecule has 2 atom stereocenters. The zero-order valence-electron chi connectivity index (χ0n) is 27.5. The van der Waals surface area contributed by atoms with E-state index in [2.05, 4.69) is 26.3 Å². The van der Waals surface area contributed by atoms with Crippen molar-refractivity contribution in [3.8, 4) is 0 Å². The average molecular weight is 766 g/mol. The fraction of sp³-hybridized carbons (Fsp3) is 0.516. The number of halogens is 3. The molecule has 0 saturated heterocycles. The van der Waals surface area contributed by atoms with E-state index in [9.17, 15) is 37.1 Å². The largest absolute Gasteiger partial charge is 0.481 e. The number of ether oxygens (including phenoxy) is 1. The maximum absolute atomic E-state index is 13.4. The van der Waals surface area contributed by atoms with Crippen LogP contribution in [-0.2, 0) is 38.6 Å². The number of nitrogens with one attached hydrogen (secondary N) is 4. The number of anilines is 1. The first-order valence-corrected chi connectivity index (χ1v) is 18.2. The average Bonchev–Trinajstić information content (AvgIpc) is 3.04. The van der Waals surface area contributed by atoms with E-state index in [0.717, 1.165) is 0 Å². The fourth-order valence-electron chi connectivity index (χ4n) is 4.33. The summed E-state index contributed by atoms with van der Waals surface area (Å²) in [6.45, 7) is -0.556. The first-order valence-electron chi connectivity index (χ1n) is 15.6. The summed E-state index contributed by atoms with van der Waals surface area (Å²) in [5.74, 6) is -4.19. The summed E-state index contributed by atoms with van der Waals surface area (Å²) in [4.78, 5) is 60.0. The van der Waals surface area contributed by atoms with Crippen LogP contribution in [0.4, 0.5) is 10.2 Å². The zero-order valence-corrected chi connectivity index (χ0v) is 29.9. The molecule has 15 nitrogen and oxygen atoms in total. The molecule has 0 aliphatic rings. The molecule has 1 aromatic heterocycles. The van der Waals surface area contributed by atoms with Crippen molar-refractivity contribution in [2.45, 2.75) is 37.8 Å². The second kappa shape index (κ2) is 23.0. The van der Waals surface area contributed by atoms with Crippen LogP contribution in [0.15, 0.2) is 42.6 Å². The molecule has 1 aromatic carbocycles. The van der Waals surface area contributed by atoms with Crippen LogP contribution in [0.2, 0.25) is 10.0 Å². The lowest BCUT2D eigenvalue weighted by molar-refractivity contribution is -0.148. The highest BCUT2D eigenvalue weighted by molar-refractivity contribution is 7.92. The van der Waals surface area contributed by atoms with Gasteiger partial charge in [0.2, 0.25) is 17.7 Å². The fourth-order valence-corrected chi connectivity index (χ4v) is 6.05. The number of alkyl halides is 1. The van der Waals surface area contributed by atoms with Crippen molar-refractivity contribution in [2.24, 2.45) is 0 Å². The van der Waals surface area contributed by atoms with Crippen molar-refractivity contribution in [2.75, 3.05) is 70.0 Å². The number of aromatic nitrogens is 1. The monoisotopic (exact) mass is 764 g/mol. The number of hydroxylamine groups is 2. The highest BCUT2D eigenvalue weighted by Crippen LogP contribution is 2.25. The smallest absolute Gasteiger partial charge is 0.305 e. The molecule has 0 radical (unpaired) electrons. The van der Waals surface area contributed by atoms with Crippen LogP contribution in [-0.4, -0.2) is 118 Å². The van der Waals surface area contributed by atoms with Gasteiger partial charge in [0, 0.05) is 49.3 Å². The molecule has 1 heterocycles. The molecule has 278 valence electrons. The summed E-state index contributed by atoms with van der Waals surface area (Å²) in [5.41, 5.74) is 0.292. The Bertz CT molecular complexity index is 1470. The van der Waals surface area contributed by atoms with Gasteiger partial charge in [0.25, 0.3) is 0 Å². The Hall–Kier alpha value is -3.61. The second-order valence-electron chi connectivity index (χ2n) is 11.0. The van der Waals surface area contributed by atoms with E-state index in [1.54, 1.807) is 18.3 Å². The molecule has 5 N–H and O–H groups in total. The van der Waals surface area contributed by atoms with Crippen molar-refractivity contribution in [3.05, 3.63) is 58.2 Å². The lowest BCUT2D eigenvalue weighted by Crippen LogP contribution is -2.53. The zero-order chi connectivity index (χ0) is 36.9. The number of carbonyl (C=O) groups is 4. The molecule has 0 aliphatic carbocycles. The molecule has 2 rings (SSSR count). The minimum atomic E-state index is -3.92. The molecule has 2 aromatic rings. The lowest BCUT2D eigenvalue weighted by atomic mass is 10.0. The van der Waals surface area contributed by atoms with E-state index < -0.39 is 76.8 Å². The molecule has 19 heteroatoms. The number of unbranched alkanes of at least 4 members (excludes halogenated alkanes) is 1. The summed E-state index contributed by atoms with van der Waals surface area (Å²) >= 11 is 12.2. The van der Waals surface area contributed by atoms with Gasteiger partial charge in [-0.2, -0.15) is 5.06 Å². The Morgan fingerprint density at radius 1 is 1.02 bits per heavy atom. The number of pyridine rings is 1. The lowest BCUT2D eigenvalue weighted by Gasteiger charge is -2.24. The SMILES string of the molecule is CN(CCS(=O)(=O)CC(=O)NCC(NC(=O)CCCCNc1ccccn1)C(=O)NC(CC(=O)O)c1cc(Cl)cc(Cl)c1)OCCOCCF. The van der Waals surface area contributed by atoms with Gasteiger partial charge < -0.3 is 31.1 Å². The highest BCUT2D eigenvalue weighted by atomic mass is 35.5. The number of benzene rings is 1. The maximum Gasteiger partial charge on any atom is 0.305 e. The van der Waals surface area contributed by atoms with Gasteiger partial charge >= 0.3 is 5.97 Å². The van der Waals surface area contributed by atoms with E-state index in [-0.39, 0.29) is 42.8 Å². The van der Waals surface area contributed by atoms with Crippen LogP contribution < -0.4 is 21.3 Å². The van der Waals surface area contributed by atoms with E-state index in [4.69, 9.17) is 32.8 Å². The summed E-state index contributed by atoms with van der Waals surface area (Å²) in [6.07, 6.45) is 2.15. The van der Waals surface area contributed by atoms with Gasteiger partial charge in [0.1, 0.15) is 24.3 Å². The third kappa shape index (κ3) is 18.4. The third-order valence-corrected chi connectivity index (χ3v) is 8.71. The van der Waals surface area contributed by atoms with Gasteiger partial charge in [0.15, 0.2) is 9.84 Å². The molecule has 0 spiro atoms. The summed E-state index contributed by atoms with van der Waals surface area (Å²) in [5, 5.41) is 21.8. The van der Waals surface area contributed by atoms with Crippen LogP contribution >= 0.6 is 23.2 Å². The number of carbonyl (C=O) groups excluding carboxylic acids is 3. The van der Waals surface area contributed by atoms with Gasteiger partial charge in [-0.15, -0.1) is 0 Å². The molecule has 50 heavy (non-hydrogen) atoms. The van der Waals surface area contributed by atoms with Crippen LogP contribution in [0.1, 0.15) is 37.3 Å². The molecule has 3 amide bonds. The second-order valence-corrected chi connectivity index (χ2v) is 14.0. The highest BCUT2D eigenvalue weighted by Gasteiger charge is 2.27. The van der Waals surface area contributed by atoms with Crippen molar-refractivity contribution in [1.82, 2.24) is 26.0 Å². The molecular weight excluding hydrogens is 722 g/mol. The normalized spacial score (nSPS) is 12.6. The molecule has 2 unspecified atom stereocenters. The quantitative estimate of drug-likeness (QED) is 0.0729. The maximum atomic E-state index is 13.4. The number of hydrogen-bond donors (Lipinski definition) is 5. The Balaban J connectivity index is 2.02. The predicted molar refractivity (Wildman–Crippen MR) is 185 cm³/mol. The minimum absolute atomic E-state index is 0.0238. The molecule has 0 fully saturated rings. The summed E-state index contributed by atoms with van der Waals surface area (Å²) in [6, 6.07) is 7.20. The van der Waals surface area contributed by atoms with E-state index in [1.165, 1.54) is 30.3 Å². The van der Waals surface area contributed by atoms with Crippen molar-refractivity contribution in [3.63, 3.8) is 0 Å². The van der Waals surface area contributed by atoms with Crippen LogP contribution in [0.25, 0.3) is 0 Å². The number of carboxylic acid groups (broad SMARTS) is 1. The first-order chi connectivity index (χ1) is 23.8. The number of carboxylic acids is 1. The van der Waals surface area contributed by atoms with Crippen LogP contribution in [0.3, 0.4) is 0 Å². The molecule has 0 saturated carbocycles. The molecule has 0 aliphatic heterocycles. The standard InChI is InChI=1S/C31H43Cl2FN6O9S/c1-40(49-14-13-48-12-8-34)11-15-50(46,47)21-29(42)37-20-26(38-28(41)7-3-5-10-36-27-6-2-4-9-35-27)31(45)39-25(19-30(43)44)22-16-23(32)18-24(33)17-22/h2,4,6,9,16-18,25-26H,3,5,7-8,10-15,19-21H2,1H3,(H,35,36)(H,37,42)(H,38,41)(H,39,45)(H,43,44). The Kier molecular flexibility index (Phi) is 19.6. The number of nitrogens with zero attached hydrogens (tertiary/aromatic N) is 2. The topological polar surface area (TPSA) is 205 Å². The molecular formula is C31H43Cl2FN6O9S. The van der Waals surface area contributed by atoms with E-state index >= 15 is 0 Å². The Morgan fingerprint density at radius 3 is 2.42 bits per heavy atom. The third-order valence-electron chi connectivity index (χ3n) is 6.77. The number of aliphatic carboxylic acids is 1. The Morgan fingerprint density at radius 2 is 1.76 bits per heavy atom. The van der Waals surface area contributed by atoms with Crippen LogP contribution in [0.5, 0.6) is 0 Å². The van der Waals surface area contributed by atoms with Gasteiger partial charge in [-0.05, 0) is 48.7 Å².